The molecule has 2 unspecified atom stereocenters. The second kappa shape index (κ2) is 6.60. The van der Waals surface area contributed by atoms with Gasteiger partial charge in [-0.3, -0.25) is 9.59 Å². The molecule has 116 valence electrons. The van der Waals surface area contributed by atoms with E-state index in [-0.39, 0.29) is 17.9 Å². The second-order valence-electron chi connectivity index (χ2n) is 6.25. The Morgan fingerprint density at radius 1 is 1.38 bits per heavy atom. The van der Waals surface area contributed by atoms with Crippen LogP contribution in [-0.4, -0.2) is 23.0 Å². The zero-order valence-corrected chi connectivity index (χ0v) is 13.6. The Labute approximate surface area is 129 Å². The van der Waals surface area contributed by atoms with Crippen molar-refractivity contribution in [2.45, 2.75) is 46.1 Å². The van der Waals surface area contributed by atoms with Crippen molar-refractivity contribution >= 4 is 23.2 Å². The van der Waals surface area contributed by atoms with Gasteiger partial charge in [-0.2, -0.15) is 0 Å². The van der Waals surface area contributed by atoms with Crippen molar-refractivity contribution in [1.82, 2.24) is 5.32 Å². The fraction of sp³-hybridized carbons (Fsp3) is 0.625. The first-order chi connectivity index (χ1) is 9.86. The van der Waals surface area contributed by atoms with Crippen molar-refractivity contribution < 1.29 is 14.7 Å². The molecule has 0 bridgehead atoms. The number of hydrogen-bond donors (Lipinski definition) is 2. The van der Waals surface area contributed by atoms with Crippen LogP contribution in [-0.2, 0) is 16.0 Å². The zero-order valence-electron chi connectivity index (χ0n) is 12.8. The number of carboxylic acids is 1. The minimum absolute atomic E-state index is 0.0286. The van der Waals surface area contributed by atoms with E-state index in [2.05, 4.69) is 24.4 Å². The van der Waals surface area contributed by atoms with E-state index in [9.17, 15) is 14.7 Å². The average molecular weight is 309 g/mol. The number of nitrogens with one attached hydrogen (secondary N) is 1. The number of rotatable bonds is 5. The first-order valence-electron chi connectivity index (χ1n) is 7.45. The highest BCUT2D eigenvalue weighted by atomic mass is 32.1. The van der Waals surface area contributed by atoms with Crippen molar-refractivity contribution in [3.05, 3.63) is 21.9 Å². The van der Waals surface area contributed by atoms with E-state index >= 15 is 0 Å². The van der Waals surface area contributed by atoms with Gasteiger partial charge in [0.25, 0.3) is 0 Å². The summed E-state index contributed by atoms with van der Waals surface area (Å²) in [6.45, 7) is 6.05. The Hall–Kier alpha value is -1.36. The Bertz CT molecular complexity index is 525. The molecule has 1 heterocycles. The highest BCUT2D eigenvalue weighted by Crippen LogP contribution is 2.36. The molecule has 1 aliphatic rings. The van der Waals surface area contributed by atoms with Gasteiger partial charge in [0.15, 0.2) is 0 Å². The lowest BCUT2D eigenvalue weighted by Gasteiger charge is -2.19. The summed E-state index contributed by atoms with van der Waals surface area (Å²) in [4.78, 5) is 26.1. The molecule has 4 nitrogen and oxygen atoms in total. The van der Waals surface area contributed by atoms with E-state index < -0.39 is 11.9 Å². The number of carbonyl (C=O) groups excluding carboxylic acids is 1. The molecule has 2 rings (SSSR count). The van der Waals surface area contributed by atoms with Crippen LogP contribution >= 0.6 is 11.3 Å². The van der Waals surface area contributed by atoms with Gasteiger partial charge >= 0.3 is 5.97 Å². The summed E-state index contributed by atoms with van der Waals surface area (Å²) in [6, 6.07) is 4.19. The Morgan fingerprint density at radius 3 is 2.62 bits per heavy atom. The van der Waals surface area contributed by atoms with Gasteiger partial charge in [0.1, 0.15) is 0 Å². The Balaban J connectivity index is 1.92. The smallest absolute Gasteiger partial charge is 0.307 e. The van der Waals surface area contributed by atoms with Crippen LogP contribution in [0, 0.1) is 24.7 Å². The molecule has 5 heteroatoms. The molecule has 1 saturated carbocycles. The largest absolute Gasteiger partial charge is 0.481 e. The van der Waals surface area contributed by atoms with E-state index in [4.69, 9.17) is 0 Å². The fourth-order valence-corrected chi connectivity index (χ4v) is 4.17. The summed E-state index contributed by atoms with van der Waals surface area (Å²) in [5.41, 5.74) is 0. The SMILES string of the molecule is Cc1ccc(CC(C)NC(=O)[C@H]2CC(C)C[C@H]2C(=O)O)s1. The molecule has 1 fully saturated rings. The van der Waals surface area contributed by atoms with Crippen LogP contribution in [0.4, 0.5) is 0 Å². The van der Waals surface area contributed by atoms with Crippen LogP contribution in [0.25, 0.3) is 0 Å². The molecule has 21 heavy (non-hydrogen) atoms. The standard InChI is InChI=1S/C16H23NO3S/c1-9-6-13(14(7-9)16(19)20)15(18)17-10(2)8-12-5-4-11(3)21-12/h4-5,9-10,13-14H,6-8H2,1-3H3,(H,17,18)(H,19,20)/t9?,10?,13-,14+/m0/s1. The number of aliphatic carboxylic acids is 1. The predicted octanol–water partition coefficient (Wildman–Crippen LogP) is 2.85. The van der Waals surface area contributed by atoms with Gasteiger partial charge in [-0.25, -0.2) is 0 Å². The van der Waals surface area contributed by atoms with Crippen molar-refractivity contribution in [3.8, 4) is 0 Å². The van der Waals surface area contributed by atoms with Crippen LogP contribution in [0.3, 0.4) is 0 Å². The van der Waals surface area contributed by atoms with E-state index in [1.165, 1.54) is 9.75 Å². The molecule has 0 radical (unpaired) electrons. The summed E-state index contributed by atoms with van der Waals surface area (Å²) >= 11 is 1.74. The number of thiophene rings is 1. The van der Waals surface area contributed by atoms with Gasteiger partial charge in [0, 0.05) is 22.2 Å². The van der Waals surface area contributed by atoms with E-state index in [1.807, 2.05) is 13.8 Å². The number of amides is 1. The summed E-state index contributed by atoms with van der Waals surface area (Å²) in [7, 11) is 0. The predicted molar refractivity (Wildman–Crippen MR) is 83.4 cm³/mol. The van der Waals surface area contributed by atoms with Crippen LogP contribution in [0.15, 0.2) is 12.1 Å². The summed E-state index contributed by atoms with van der Waals surface area (Å²) in [5.74, 6) is -1.56. The molecule has 2 N–H and O–H groups in total. The normalized spacial score (nSPS) is 26.5. The molecule has 4 atom stereocenters. The van der Waals surface area contributed by atoms with Crippen molar-refractivity contribution in [2.75, 3.05) is 0 Å². The summed E-state index contributed by atoms with van der Waals surface area (Å²) in [5, 5.41) is 12.2. The maximum absolute atomic E-state index is 12.3. The number of carbonyl (C=O) groups is 2. The van der Waals surface area contributed by atoms with E-state index in [0.29, 0.717) is 18.8 Å². The third-order valence-corrected chi connectivity index (χ3v) is 5.17. The molecule has 0 spiro atoms. The number of aryl methyl sites for hydroxylation is 1. The maximum atomic E-state index is 12.3. The van der Waals surface area contributed by atoms with Crippen LogP contribution in [0.2, 0.25) is 0 Å². The van der Waals surface area contributed by atoms with Crippen LogP contribution in [0.1, 0.15) is 36.4 Å². The van der Waals surface area contributed by atoms with Crippen molar-refractivity contribution in [1.29, 1.82) is 0 Å². The quantitative estimate of drug-likeness (QED) is 0.879. The number of carboxylic acid groups (broad SMARTS) is 1. The average Bonchev–Trinajstić information content (AvgIpc) is 2.95. The van der Waals surface area contributed by atoms with Gasteiger partial charge in [0.2, 0.25) is 5.91 Å². The second-order valence-corrected chi connectivity index (χ2v) is 7.63. The summed E-state index contributed by atoms with van der Waals surface area (Å²) < 4.78 is 0. The molecule has 1 aliphatic carbocycles. The maximum Gasteiger partial charge on any atom is 0.307 e. The molecule has 0 aliphatic heterocycles. The summed E-state index contributed by atoms with van der Waals surface area (Å²) in [6.07, 6.45) is 2.07. The lowest BCUT2D eigenvalue weighted by molar-refractivity contribution is -0.146. The van der Waals surface area contributed by atoms with Gasteiger partial charge in [0.05, 0.1) is 11.8 Å². The highest BCUT2D eigenvalue weighted by molar-refractivity contribution is 7.11. The zero-order chi connectivity index (χ0) is 15.6. The molecule has 0 aromatic carbocycles. The van der Waals surface area contributed by atoms with Gasteiger partial charge in [-0.05, 0) is 44.7 Å². The number of hydrogen-bond acceptors (Lipinski definition) is 3. The van der Waals surface area contributed by atoms with Gasteiger partial charge in [-0.1, -0.05) is 6.92 Å². The van der Waals surface area contributed by atoms with Crippen molar-refractivity contribution in [2.24, 2.45) is 17.8 Å². The van der Waals surface area contributed by atoms with Gasteiger partial charge in [-0.15, -0.1) is 11.3 Å². The third kappa shape index (κ3) is 4.06. The van der Waals surface area contributed by atoms with E-state index in [1.54, 1.807) is 11.3 Å². The van der Waals surface area contributed by atoms with Crippen molar-refractivity contribution in [3.63, 3.8) is 0 Å². The molecule has 1 amide bonds. The van der Waals surface area contributed by atoms with Crippen LogP contribution < -0.4 is 5.32 Å². The topological polar surface area (TPSA) is 66.4 Å². The van der Waals surface area contributed by atoms with Crippen LogP contribution in [0.5, 0.6) is 0 Å². The Kier molecular flexibility index (Phi) is 5.04. The minimum Gasteiger partial charge on any atom is -0.481 e. The minimum atomic E-state index is -0.846. The third-order valence-electron chi connectivity index (χ3n) is 4.14. The Morgan fingerprint density at radius 2 is 2.05 bits per heavy atom. The first-order valence-corrected chi connectivity index (χ1v) is 8.27. The molecule has 0 saturated heterocycles. The lowest BCUT2D eigenvalue weighted by atomic mass is 9.95. The molecular formula is C16H23NO3S. The molecule has 1 aromatic heterocycles. The highest BCUT2D eigenvalue weighted by Gasteiger charge is 2.41. The first kappa shape index (κ1) is 16.0. The van der Waals surface area contributed by atoms with Gasteiger partial charge < -0.3 is 10.4 Å². The molecule has 1 aromatic rings. The fourth-order valence-electron chi connectivity index (χ4n) is 3.15. The monoisotopic (exact) mass is 309 g/mol. The lowest BCUT2D eigenvalue weighted by Crippen LogP contribution is -2.40. The van der Waals surface area contributed by atoms with E-state index in [0.717, 1.165) is 6.42 Å². The molecular weight excluding hydrogens is 286 g/mol.